The van der Waals surface area contributed by atoms with E-state index in [0.29, 0.717) is 0 Å². The highest BCUT2D eigenvalue weighted by Gasteiger charge is 2.31. The normalized spacial score (nSPS) is 12.4. The van der Waals surface area contributed by atoms with Crippen molar-refractivity contribution in [1.29, 1.82) is 0 Å². The van der Waals surface area contributed by atoms with Crippen LogP contribution in [0.5, 0.6) is 0 Å². The number of benzene rings is 2. The second-order valence-corrected chi connectivity index (χ2v) is 6.56. The minimum absolute atomic E-state index is 0.0833. The van der Waals surface area contributed by atoms with Crippen molar-refractivity contribution in [3.05, 3.63) is 101 Å². The van der Waals surface area contributed by atoms with E-state index in [4.69, 9.17) is 5.11 Å². The van der Waals surface area contributed by atoms with Gasteiger partial charge in [-0.15, -0.1) is 0 Å². The van der Waals surface area contributed by atoms with Gasteiger partial charge in [0, 0.05) is 24.1 Å². The molecular weight excluding hydrogens is 402 g/mol. The number of hydrogen-bond donors (Lipinski definition) is 1. The second kappa shape index (κ2) is 8.44. The molecule has 154 valence electrons. The van der Waals surface area contributed by atoms with Gasteiger partial charge in [0.1, 0.15) is 5.82 Å². The molecule has 0 aliphatic carbocycles. The third-order valence-corrected chi connectivity index (χ3v) is 4.58. The molecule has 0 bridgehead atoms. The summed E-state index contributed by atoms with van der Waals surface area (Å²) in [4.78, 5) is 27.9. The van der Waals surface area contributed by atoms with Crippen LogP contribution in [-0.4, -0.2) is 21.8 Å². The number of carboxylic acids is 1. The summed E-state index contributed by atoms with van der Waals surface area (Å²) in [7, 11) is 0. The van der Waals surface area contributed by atoms with Gasteiger partial charge in [0.25, 0.3) is 0 Å². The Labute approximate surface area is 168 Å². The molecule has 0 unspecified atom stereocenters. The molecule has 3 aromatic rings. The largest absolute Gasteiger partial charge is 0.478 e. The van der Waals surface area contributed by atoms with Gasteiger partial charge in [-0.05, 0) is 42.0 Å². The topological polar surface area (TPSA) is 67.3 Å². The molecule has 0 aliphatic heterocycles. The first kappa shape index (κ1) is 21.2. The number of halogens is 4. The van der Waals surface area contributed by atoms with Crippen molar-refractivity contribution in [1.82, 2.24) is 4.98 Å². The number of nitrogens with zero attached hydrogens (tertiary/aromatic N) is 1. The molecule has 0 spiro atoms. The zero-order valence-electron chi connectivity index (χ0n) is 15.4. The summed E-state index contributed by atoms with van der Waals surface area (Å²) >= 11 is 0. The Morgan fingerprint density at radius 1 is 0.967 bits per heavy atom. The van der Waals surface area contributed by atoms with Crippen molar-refractivity contribution in [2.24, 2.45) is 0 Å². The number of carboxylic acid groups (broad SMARTS) is 1. The van der Waals surface area contributed by atoms with Gasteiger partial charge in [-0.25, -0.2) is 9.18 Å². The first-order chi connectivity index (χ1) is 14.2. The van der Waals surface area contributed by atoms with E-state index >= 15 is 0 Å². The zero-order valence-corrected chi connectivity index (χ0v) is 15.4. The lowest BCUT2D eigenvalue weighted by Gasteiger charge is -2.18. The van der Waals surface area contributed by atoms with Gasteiger partial charge in [-0.2, -0.15) is 13.2 Å². The van der Waals surface area contributed by atoms with Crippen LogP contribution in [0.25, 0.3) is 0 Å². The summed E-state index contributed by atoms with van der Waals surface area (Å²) in [5.41, 5.74) is -0.658. The predicted octanol–water partition coefficient (Wildman–Crippen LogP) is 5.34. The molecule has 8 heteroatoms. The van der Waals surface area contributed by atoms with E-state index in [1.165, 1.54) is 48.7 Å². The van der Waals surface area contributed by atoms with Crippen LogP contribution in [0, 0.1) is 5.82 Å². The number of carbonyl (C=O) groups is 2. The maximum atomic E-state index is 14.4. The SMILES string of the molecule is O=C(O)c1cccc(C(=O)C[C@@H](c2ccc(C(F)(F)F)cc2)c2ncccc2F)c1. The standard InChI is InChI=1S/C22H15F4NO3/c23-18-5-2-10-27-20(18)17(13-6-8-16(9-7-13)22(24,25)26)12-19(28)14-3-1-4-15(11-14)21(29)30/h1-11,17H,12H2,(H,29,30)/t17-/m0/s1. The Hall–Kier alpha value is -3.55. The lowest BCUT2D eigenvalue weighted by atomic mass is 9.87. The van der Waals surface area contributed by atoms with Gasteiger partial charge in [0.15, 0.2) is 5.78 Å². The Bertz CT molecular complexity index is 1080. The number of carbonyl (C=O) groups excluding carboxylic acids is 1. The molecule has 30 heavy (non-hydrogen) atoms. The molecule has 1 heterocycles. The van der Waals surface area contributed by atoms with Crippen LogP contribution in [0.2, 0.25) is 0 Å². The molecule has 4 nitrogen and oxygen atoms in total. The van der Waals surface area contributed by atoms with Crippen LogP contribution in [0.15, 0.2) is 66.9 Å². The predicted molar refractivity (Wildman–Crippen MR) is 99.8 cm³/mol. The van der Waals surface area contributed by atoms with Crippen molar-refractivity contribution in [3.63, 3.8) is 0 Å². The van der Waals surface area contributed by atoms with E-state index in [1.807, 2.05) is 0 Å². The molecule has 1 N–H and O–H groups in total. The van der Waals surface area contributed by atoms with E-state index in [9.17, 15) is 27.2 Å². The Kier molecular flexibility index (Phi) is 5.96. The maximum Gasteiger partial charge on any atom is 0.416 e. The average Bonchev–Trinajstić information content (AvgIpc) is 2.72. The number of aromatic carboxylic acids is 1. The molecule has 1 atom stereocenters. The van der Waals surface area contributed by atoms with Crippen molar-refractivity contribution >= 4 is 11.8 Å². The van der Waals surface area contributed by atoms with E-state index in [0.717, 1.165) is 18.2 Å². The molecule has 0 saturated carbocycles. The Balaban J connectivity index is 1.99. The molecule has 2 aromatic carbocycles. The lowest BCUT2D eigenvalue weighted by Crippen LogP contribution is -2.13. The summed E-state index contributed by atoms with van der Waals surface area (Å²) in [6, 6.07) is 11.9. The molecule has 0 amide bonds. The average molecular weight is 417 g/mol. The Morgan fingerprint density at radius 2 is 1.63 bits per heavy atom. The fourth-order valence-corrected chi connectivity index (χ4v) is 3.06. The fourth-order valence-electron chi connectivity index (χ4n) is 3.06. The summed E-state index contributed by atoms with van der Waals surface area (Å²) < 4.78 is 53.0. The summed E-state index contributed by atoms with van der Waals surface area (Å²) in [6.45, 7) is 0. The summed E-state index contributed by atoms with van der Waals surface area (Å²) in [5, 5.41) is 9.09. The van der Waals surface area contributed by atoms with Crippen molar-refractivity contribution in [3.8, 4) is 0 Å². The third-order valence-electron chi connectivity index (χ3n) is 4.58. The molecule has 3 rings (SSSR count). The smallest absolute Gasteiger partial charge is 0.416 e. The zero-order chi connectivity index (χ0) is 21.9. The van der Waals surface area contributed by atoms with E-state index < -0.39 is 35.2 Å². The van der Waals surface area contributed by atoms with E-state index in [-0.39, 0.29) is 28.8 Å². The number of hydrogen-bond acceptors (Lipinski definition) is 3. The first-order valence-corrected chi connectivity index (χ1v) is 8.81. The number of rotatable bonds is 6. The highest BCUT2D eigenvalue weighted by molar-refractivity contribution is 5.99. The Morgan fingerprint density at radius 3 is 2.23 bits per heavy atom. The molecule has 0 aliphatic rings. The quantitative estimate of drug-likeness (QED) is 0.434. The van der Waals surface area contributed by atoms with Crippen LogP contribution in [0.3, 0.4) is 0 Å². The van der Waals surface area contributed by atoms with Gasteiger partial charge in [0.2, 0.25) is 0 Å². The molecule has 0 saturated heterocycles. The van der Waals surface area contributed by atoms with Crippen molar-refractivity contribution in [2.75, 3.05) is 0 Å². The van der Waals surface area contributed by atoms with Crippen LogP contribution < -0.4 is 0 Å². The monoisotopic (exact) mass is 417 g/mol. The third kappa shape index (κ3) is 4.71. The highest BCUT2D eigenvalue weighted by atomic mass is 19.4. The molecule has 1 aromatic heterocycles. The van der Waals surface area contributed by atoms with Crippen molar-refractivity contribution < 1.29 is 32.3 Å². The minimum atomic E-state index is -4.53. The molecule has 0 radical (unpaired) electrons. The van der Waals surface area contributed by atoms with E-state index in [2.05, 4.69) is 4.98 Å². The van der Waals surface area contributed by atoms with Gasteiger partial charge in [-0.3, -0.25) is 9.78 Å². The van der Waals surface area contributed by atoms with Crippen LogP contribution in [0.1, 0.15) is 49.9 Å². The number of Topliss-reactive ketones (excluding diaryl/α,β-unsaturated/α-hetero) is 1. The lowest BCUT2D eigenvalue weighted by molar-refractivity contribution is -0.137. The van der Waals surface area contributed by atoms with E-state index in [1.54, 1.807) is 0 Å². The van der Waals surface area contributed by atoms with Crippen molar-refractivity contribution in [2.45, 2.75) is 18.5 Å². The van der Waals surface area contributed by atoms with Crippen LogP contribution >= 0.6 is 0 Å². The second-order valence-electron chi connectivity index (χ2n) is 6.56. The molecular formula is C22H15F4NO3. The van der Waals surface area contributed by atoms with Crippen LogP contribution in [-0.2, 0) is 6.18 Å². The van der Waals surface area contributed by atoms with Gasteiger partial charge >= 0.3 is 12.1 Å². The minimum Gasteiger partial charge on any atom is -0.478 e. The molecule has 0 fully saturated rings. The van der Waals surface area contributed by atoms with Gasteiger partial charge in [-0.1, -0.05) is 24.3 Å². The van der Waals surface area contributed by atoms with Crippen LogP contribution in [0.4, 0.5) is 17.6 Å². The maximum absolute atomic E-state index is 14.4. The van der Waals surface area contributed by atoms with Gasteiger partial charge in [0.05, 0.1) is 16.8 Å². The summed E-state index contributed by atoms with van der Waals surface area (Å²) in [5.74, 6) is -3.35. The number of ketones is 1. The fraction of sp³-hybridized carbons (Fsp3) is 0.136. The summed E-state index contributed by atoms with van der Waals surface area (Å²) in [6.07, 6.45) is -3.51. The number of pyridine rings is 1. The number of alkyl halides is 3. The first-order valence-electron chi connectivity index (χ1n) is 8.81. The van der Waals surface area contributed by atoms with Gasteiger partial charge < -0.3 is 5.11 Å². The number of aromatic nitrogens is 1. The highest BCUT2D eigenvalue weighted by Crippen LogP contribution is 2.34.